The fourth-order valence-corrected chi connectivity index (χ4v) is 1.92. The van der Waals surface area contributed by atoms with Gasteiger partial charge >= 0.3 is 0 Å². The van der Waals surface area contributed by atoms with Crippen LogP contribution in [0.1, 0.15) is 22.8 Å². The summed E-state index contributed by atoms with van der Waals surface area (Å²) in [4.78, 5) is 12.0. The number of rotatable bonds is 3. The molecule has 2 rings (SSSR count). The highest BCUT2D eigenvalue weighted by Gasteiger charge is 2.11. The Balaban J connectivity index is 2.19. The number of nitrogens with one attached hydrogen (secondary N) is 2. The lowest BCUT2D eigenvalue weighted by Gasteiger charge is -2.06. The maximum atomic E-state index is 12.0. The van der Waals surface area contributed by atoms with E-state index in [1.165, 1.54) is 0 Å². The zero-order chi connectivity index (χ0) is 13.1. The predicted molar refractivity (Wildman–Crippen MR) is 74.5 cm³/mol. The third-order valence-electron chi connectivity index (χ3n) is 2.60. The molecule has 0 radical (unpaired) electrons. The number of nitrogens with two attached hydrogens (primary N) is 1. The average molecular weight is 309 g/mol. The van der Waals surface area contributed by atoms with Crippen molar-refractivity contribution in [2.45, 2.75) is 13.3 Å². The van der Waals surface area contributed by atoms with Gasteiger partial charge in [0, 0.05) is 21.3 Å². The van der Waals surface area contributed by atoms with Crippen molar-refractivity contribution in [3.8, 4) is 0 Å². The quantitative estimate of drug-likeness (QED) is 0.762. The number of anilines is 2. The Labute approximate surface area is 113 Å². The van der Waals surface area contributed by atoms with Gasteiger partial charge in [-0.3, -0.25) is 9.89 Å². The molecule has 1 aromatic carbocycles. The molecule has 4 N–H and O–H groups in total. The lowest BCUT2D eigenvalue weighted by atomic mass is 10.2. The fourth-order valence-electron chi connectivity index (χ4n) is 1.54. The van der Waals surface area contributed by atoms with E-state index in [1.54, 1.807) is 24.4 Å². The van der Waals surface area contributed by atoms with Crippen LogP contribution in [-0.2, 0) is 6.42 Å². The highest BCUT2D eigenvalue weighted by atomic mass is 79.9. The summed E-state index contributed by atoms with van der Waals surface area (Å²) in [5.74, 6) is 0.435. The molecule has 6 heteroatoms. The van der Waals surface area contributed by atoms with Gasteiger partial charge in [0.2, 0.25) is 0 Å². The van der Waals surface area contributed by atoms with Crippen molar-refractivity contribution in [1.29, 1.82) is 0 Å². The van der Waals surface area contributed by atoms with Crippen LogP contribution in [0.25, 0.3) is 0 Å². The van der Waals surface area contributed by atoms with Crippen LogP contribution in [0.2, 0.25) is 0 Å². The number of aromatic nitrogens is 2. The van der Waals surface area contributed by atoms with Crippen LogP contribution in [0.15, 0.2) is 28.9 Å². The Kier molecular flexibility index (Phi) is 3.66. The molecule has 0 bridgehead atoms. The van der Waals surface area contributed by atoms with Gasteiger partial charge in [-0.1, -0.05) is 6.92 Å². The maximum absolute atomic E-state index is 12.0. The molecular formula is C12H13BrN4O. The summed E-state index contributed by atoms with van der Waals surface area (Å²) in [5.41, 5.74) is 7.78. The first kappa shape index (κ1) is 12.6. The van der Waals surface area contributed by atoms with Gasteiger partial charge in [-0.05, 0) is 40.5 Å². The van der Waals surface area contributed by atoms with E-state index in [2.05, 4.69) is 31.4 Å². The summed E-state index contributed by atoms with van der Waals surface area (Å²) >= 11 is 3.30. The number of H-pyrrole nitrogens is 1. The molecule has 5 nitrogen and oxygen atoms in total. The molecule has 0 unspecified atom stereocenters. The zero-order valence-corrected chi connectivity index (χ0v) is 11.4. The molecule has 0 aliphatic heterocycles. The van der Waals surface area contributed by atoms with Crippen LogP contribution in [-0.4, -0.2) is 16.1 Å². The normalized spacial score (nSPS) is 10.3. The van der Waals surface area contributed by atoms with Gasteiger partial charge < -0.3 is 11.1 Å². The van der Waals surface area contributed by atoms with E-state index >= 15 is 0 Å². The SMILES string of the molecule is CCc1cn[nH]c1NC(=O)c1ccc(N)c(Br)c1. The number of amides is 1. The second-order valence-electron chi connectivity index (χ2n) is 3.81. The van der Waals surface area contributed by atoms with Crippen molar-refractivity contribution in [2.24, 2.45) is 0 Å². The van der Waals surface area contributed by atoms with E-state index in [-0.39, 0.29) is 5.91 Å². The summed E-state index contributed by atoms with van der Waals surface area (Å²) < 4.78 is 0.704. The Morgan fingerprint density at radius 1 is 1.56 bits per heavy atom. The average Bonchev–Trinajstić information content (AvgIpc) is 2.79. The van der Waals surface area contributed by atoms with E-state index in [4.69, 9.17) is 5.73 Å². The van der Waals surface area contributed by atoms with Crippen molar-refractivity contribution < 1.29 is 4.79 Å². The monoisotopic (exact) mass is 308 g/mol. The van der Waals surface area contributed by atoms with Crippen LogP contribution in [0.3, 0.4) is 0 Å². The van der Waals surface area contributed by atoms with E-state index in [0.29, 0.717) is 21.5 Å². The molecule has 0 fully saturated rings. The maximum Gasteiger partial charge on any atom is 0.256 e. The smallest absolute Gasteiger partial charge is 0.256 e. The number of nitrogen functional groups attached to an aromatic ring is 1. The minimum atomic E-state index is -0.199. The number of aryl methyl sites for hydroxylation is 1. The van der Waals surface area contributed by atoms with Gasteiger partial charge in [0.05, 0.1) is 6.20 Å². The molecule has 18 heavy (non-hydrogen) atoms. The van der Waals surface area contributed by atoms with Crippen molar-refractivity contribution in [1.82, 2.24) is 10.2 Å². The summed E-state index contributed by atoms with van der Waals surface area (Å²) in [5, 5.41) is 9.45. The number of hydrogen-bond acceptors (Lipinski definition) is 3. The Morgan fingerprint density at radius 3 is 3.00 bits per heavy atom. The Morgan fingerprint density at radius 2 is 2.33 bits per heavy atom. The van der Waals surface area contributed by atoms with Crippen LogP contribution < -0.4 is 11.1 Å². The predicted octanol–water partition coefficient (Wildman–Crippen LogP) is 2.57. The molecule has 1 amide bonds. The topological polar surface area (TPSA) is 83.8 Å². The van der Waals surface area contributed by atoms with E-state index in [1.807, 2.05) is 6.92 Å². The lowest BCUT2D eigenvalue weighted by molar-refractivity contribution is 0.102. The third-order valence-corrected chi connectivity index (χ3v) is 3.29. The number of halogens is 1. The molecule has 94 valence electrons. The minimum absolute atomic E-state index is 0.199. The second kappa shape index (κ2) is 5.22. The van der Waals surface area contributed by atoms with Crippen LogP contribution in [0, 0.1) is 0 Å². The molecular weight excluding hydrogens is 296 g/mol. The molecule has 0 saturated heterocycles. The summed E-state index contributed by atoms with van der Waals surface area (Å²) in [7, 11) is 0. The van der Waals surface area contributed by atoms with Crippen molar-refractivity contribution >= 4 is 33.3 Å². The van der Waals surface area contributed by atoms with Crippen molar-refractivity contribution in [3.05, 3.63) is 40.0 Å². The standard InChI is InChI=1S/C12H13BrN4O/c1-2-7-6-15-17-11(7)16-12(18)8-3-4-10(14)9(13)5-8/h3-6H,2,14H2,1H3,(H2,15,16,17,18). The number of benzene rings is 1. The highest BCUT2D eigenvalue weighted by molar-refractivity contribution is 9.10. The first-order valence-corrected chi connectivity index (χ1v) is 6.29. The number of carbonyl (C=O) groups excluding carboxylic acids is 1. The second-order valence-corrected chi connectivity index (χ2v) is 4.67. The molecule has 0 aliphatic rings. The summed E-state index contributed by atoms with van der Waals surface area (Å²) in [6.45, 7) is 2.00. The fraction of sp³-hybridized carbons (Fsp3) is 0.167. The molecule has 1 aromatic heterocycles. The Bertz CT molecular complexity index is 579. The summed E-state index contributed by atoms with van der Waals surface area (Å²) in [6.07, 6.45) is 2.51. The molecule has 2 aromatic rings. The van der Waals surface area contributed by atoms with Crippen LogP contribution >= 0.6 is 15.9 Å². The molecule has 0 aliphatic carbocycles. The minimum Gasteiger partial charge on any atom is -0.398 e. The number of aromatic amines is 1. The summed E-state index contributed by atoms with van der Waals surface area (Å²) in [6, 6.07) is 5.05. The third kappa shape index (κ3) is 2.53. The Hall–Kier alpha value is -1.82. The number of carbonyl (C=O) groups is 1. The van der Waals surface area contributed by atoms with Crippen LogP contribution in [0.4, 0.5) is 11.5 Å². The van der Waals surface area contributed by atoms with E-state index < -0.39 is 0 Å². The van der Waals surface area contributed by atoms with Gasteiger partial charge in [-0.2, -0.15) is 5.10 Å². The van der Waals surface area contributed by atoms with Gasteiger partial charge in [0.15, 0.2) is 0 Å². The van der Waals surface area contributed by atoms with Gasteiger partial charge in [0.1, 0.15) is 5.82 Å². The van der Waals surface area contributed by atoms with Crippen LogP contribution in [0.5, 0.6) is 0 Å². The lowest BCUT2D eigenvalue weighted by Crippen LogP contribution is -2.13. The number of nitrogens with zero attached hydrogens (tertiary/aromatic N) is 1. The molecule has 0 saturated carbocycles. The first-order chi connectivity index (χ1) is 8.61. The molecule has 1 heterocycles. The molecule has 0 atom stereocenters. The van der Waals surface area contributed by atoms with Gasteiger partial charge in [-0.15, -0.1) is 0 Å². The van der Waals surface area contributed by atoms with E-state index in [0.717, 1.165) is 12.0 Å². The highest BCUT2D eigenvalue weighted by Crippen LogP contribution is 2.21. The number of hydrogen-bond donors (Lipinski definition) is 3. The van der Waals surface area contributed by atoms with Gasteiger partial charge in [0.25, 0.3) is 5.91 Å². The molecule has 0 spiro atoms. The van der Waals surface area contributed by atoms with Crippen molar-refractivity contribution in [2.75, 3.05) is 11.1 Å². The van der Waals surface area contributed by atoms with E-state index in [9.17, 15) is 4.79 Å². The van der Waals surface area contributed by atoms with Gasteiger partial charge in [-0.25, -0.2) is 0 Å². The van der Waals surface area contributed by atoms with Crippen molar-refractivity contribution in [3.63, 3.8) is 0 Å². The zero-order valence-electron chi connectivity index (χ0n) is 9.83. The largest absolute Gasteiger partial charge is 0.398 e. The first-order valence-electron chi connectivity index (χ1n) is 5.50.